The zero-order chi connectivity index (χ0) is 14.0. The Kier molecular flexibility index (Phi) is 4.02. The van der Waals surface area contributed by atoms with E-state index >= 15 is 0 Å². The fourth-order valence-corrected chi connectivity index (χ4v) is 2.55. The first-order chi connectivity index (χ1) is 8.99. The van der Waals surface area contributed by atoms with Crippen LogP contribution >= 0.6 is 0 Å². The van der Waals surface area contributed by atoms with Crippen molar-refractivity contribution in [3.8, 4) is 0 Å². The van der Waals surface area contributed by atoms with E-state index in [1.165, 1.54) is 0 Å². The maximum atomic E-state index is 11.4. The van der Waals surface area contributed by atoms with Crippen LogP contribution in [0.4, 0.5) is 5.82 Å². The molecule has 0 N–H and O–H groups in total. The minimum Gasteiger partial charge on any atom is -0.355 e. The van der Waals surface area contributed by atoms with Crippen LogP contribution in [0.15, 0.2) is 6.20 Å². The summed E-state index contributed by atoms with van der Waals surface area (Å²) in [6.07, 6.45) is 3.78. The van der Waals surface area contributed by atoms with Gasteiger partial charge < -0.3 is 9.80 Å². The highest BCUT2D eigenvalue weighted by atomic mass is 16.2. The minimum absolute atomic E-state index is 0.143. The molecule has 0 aromatic carbocycles. The number of carbonyl (C=O) groups excluding carboxylic acids is 1. The van der Waals surface area contributed by atoms with E-state index in [1.807, 2.05) is 25.8 Å². The van der Waals surface area contributed by atoms with Gasteiger partial charge in [0.05, 0.1) is 11.4 Å². The van der Waals surface area contributed by atoms with Crippen molar-refractivity contribution >= 4 is 11.7 Å². The van der Waals surface area contributed by atoms with Gasteiger partial charge in [0.25, 0.3) is 0 Å². The molecule has 1 aromatic rings. The third-order valence-corrected chi connectivity index (χ3v) is 3.86. The summed E-state index contributed by atoms with van der Waals surface area (Å²) >= 11 is 0. The Labute approximate surface area is 114 Å². The summed E-state index contributed by atoms with van der Waals surface area (Å²) < 4.78 is 0. The summed E-state index contributed by atoms with van der Waals surface area (Å²) in [5, 5.41) is 0. The van der Waals surface area contributed by atoms with Crippen LogP contribution in [0.25, 0.3) is 0 Å². The molecular formula is C14H22N4O. The molecule has 0 aliphatic carbocycles. The van der Waals surface area contributed by atoms with Crippen molar-refractivity contribution in [3.63, 3.8) is 0 Å². The van der Waals surface area contributed by atoms with Gasteiger partial charge in [0.2, 0.25) is 5.91 Å². The number of anilines is 1. The number of carbonyl (C=O) groups is 1. The van der Waals surface area contributed by atoms with Gasteiger partial charge >= 0.3 is 0 Å². The van der Waals surface area contributed by atoms with E-state index < -0.39 is 0 Å². The van der Waals surface area contributed by atoms with Crippen molar-refractivity contribution in [2.24, 2.45) is 0 Å². The van der Waals surface area contributed by atoms with E-state index in [-0.39, 0.29) is 5.91 Å². The number of amides is 1. The van der Waals surface area contributed by atoms with Crippen LogP contribution in [0.5, 0.6) is 0 Å². The fraction of sp³-hybridized carbons (Fsp3) is 0.643. The molecule has 1 aliphatic heterocycles. The Morgan fingerprint density at radius 1 is 1.37 bits per heavy atom. The van der Waals surface area contributed by atoms with Gasteiger partial charge in [-0.2, -0.15) is 0 Å². The number of hydrogen-bond donors (Lipinski definition) is 0. The molecule has 0 bridgehead atoms. The Morgan fingerprint density at radius 3 is 2.58 bits per heavy atom. The van der Waals surface area contributed by atoms with Crippen molar-refractivity contribution in [2.45, 2.75) is 39.7 Å². The summed E-state index contributed by atoms with van der Waals surface area (Å²) in [5.41, 5.74) is 1.92. The van der Waals surface area contributed by atoms with E-state index in [0.717, 1.165) is 43.1 Å². The van der Waals surface area contributed by atoms with Crippen molar-refractivity contribution < 1.29 is 4.79 Å². The number of nitrogens with zero attached hydrogens (tertiary/aromatic N) is 4. The third kappa shape index (κ3) is 3.03. The molecule has 0 spiro atoms. The highest BCUT2D eigenvalue weighted by Gasteiger charge is 2.25. The van der Waals surface area contributed by atoms with Gasteiger partial charge in [-0.25, -0.2) is 4.98 Å². The number of aromatic nitrogens is 2. The topological polar surface area (TPSA) is 49.3 Å². The maximum absolute atomic E-state index is 11.4. The van der Waals surface area contributed by atoms with Gasteiger partial charge in [0.15, 0.2) is 0 Å². The predicted molar refractivity (Wildman–Crippen MR) is 75.2 cm³/mol. The average Bonchev–Trinajstić information content (AvgIpc) is 2.41. The lowest BCUT2D eigenvalue weighted by Crippen LogP contribution is -2.45. The number of hydrogen-bond acceptors (Lipinski definition) is 4. The summed E-state index contributed by atoms with van der Waals surface area (Å²) in [7, 11) is 1.89. The zero-order valence-corrected chi connectivity index (χ0v) is 12.2. The standard InChI is InChI=1S/C14H22N4O/c1-10-9-15-11(2)14(16-10)18-7-5-13(6-8-18)17(4)12(3)19/h9,13H,5-8H2,1-4H3. The molecule has 1 saturated heterocycles. The first-order valence-corrected chi connectivity index (χ1v) is 6.77. The number of aryl methyl sites for hydroxylation is 2. The van der Waals surface area contributed by atoms with Crippen molar-refractivity contribution in [2.75, 3.05) is 25.0 Å². The Bertz CT molecular complexity index is 467. The van der Waals surface area contributed by atoms with Gasteiger partial charge in [-0.05, 0) is 26.7 Å². The Morgan fingerprint density at radius 2 is 2.00 bits per heavy atom. The molecule has 0 unspecified atom stereocenters. The largest absolute Gasteiger partial charge is 0.355 e. The summed E-state index contributed by atoms with van der Waals surface area (Å²) in [6, 6.07) is 0.354. The molecule has 2 rings (SSSR count). The van der Waals surface area contributed by atoms with Gasteiger partial charge in [-0.3, -0.25) is 9.78 Å². The maximum Gasteiger partial charge on any atom is 0.219 e. The van der Waals surface area contributed by atoms with Crippen molar-refractivity contribution in [3.05, 3.63) is 17.6 Å². The molecule has 5 heteroatoms. The minimum atomic E-state index is 0.143. The van der Waals surface area contributed by atoms with Crippen LogP contribution in [-0.2, 0) is 4.79 Å². The highest BCUT2D eigenvalue weighted by molar-refractivity contribution is 5.73. The normalized spacial score (nSPS) is 16.5. The molecule has 1 aliphatic rings. The van der Waals surface area contributed by atoms with Crippen LogP contribution < -0.4 is 4.90 Å². The fourth-order valence-electron chi connectivity index (χ4n) is 2.55. The monoisotopic (exact) mass is 262 g/mol. The van der Waals surface area contributed by atoms with E-state index in [2.05, 4.69) is 14.9 Å². The second-order valence-electron chi connectivity index (χ2n) is 5.27. The molecule has 1 fully saturated rings. The third-order valence-electron chi connectivity index (χ3n) is 3.86. The summed E-state index contributed by atoms with van der Waals surface area (Å²) in [6.45, 7) is 7.45. The second-order valence-corrected chi connectivity index (χ2v) is 5.27. The quantitative estimate of drug-likeness (QED) is 0.811. The molecular weight excluding hydrogens is 240 g/mol. The van der Waals surface area contributed by atoms with Crippen molar-refractivity contribution in [1.29, 1.82) is 0 Å². The van der Waals surface area contributed by atoms with Crippen molar-refractivity contribution in [1.82, 2.24) is 14.9 Å². The van der Waals surface area contributed by atoms with E-state index in [1.54, 1.807) is 13.1 Å². The lowest BCUT2D eigenvalue weighted by Gasteiger charge is -2.37. The zero-order valence-electron chi connectivity index (χ0n) is 12.2. The van der Waals surface area contributed by atoms with Crippen LogP contribution in [0.1, 0.15) is 31.2 Å². The molecule has 104 valence electrons. The second kappa shape index (κ2) is 5.55. The highest BCUT2D eigenvalue weighted by Crippen LogP contribution is 2.22. The average molecular weight is 262 g/mol. The summed E-state index contributed by atoms with van der Waals surface area (Å²) in [4.78, 5) is 24.5. The molecule has 0 saturated carbocycles. The van der Waals surface area contributed by atoms with E-state index in [4.69, 9.17) is 0 Å². The number of rotatable bonds is 2. The molecule has 0 radical (unpaired) electrons. The molecule has 0 atom stereocenters. The number of piperidine rings is 1. The Balaban J connectivity index is 2.04. The van der Waals surface area contributed by atoms with Crippen LogP contribution in [0.3, 0.4) is 0 Å². The van der Waals surface area contributed by atoms with Gasteiger partial charge in [-0.1, -0.05) is 0 Å². The SMILES string of the molecule is CC(=O)N(C)C1CCN(c2nc(C)cnc2C)CC1. The van der Waals surface area contributed by atoms with E-state index in [0.29, 0.717) is 6.04 Å². The van der Waals surface area contributed by atoms with Crippen LogP contribution in [0.2, 0.25) is 0 Å². The molecule has 5 nitrogen and oxygen atoms in total. The molecule has 1 aromatic heterocycles. The first-order valence-electron chi connectivity index (χ1n) is 6.77. The van der Waals surface area contributed by atoms with Gasteiger partial charge in [0, 0.05) is 39.3 Å². The lowest BCUT2D eigenvalue weighted by molar-refractivity contribution is -0.129. The van der Waals surface area contributed by atoms with E-state index in [9.17, 15) is 4.79 Å². The smallest absolute Gasteiger partial charge is 0.219 e. The van der Waals surface area contributed by atoms with Crippen LogP contribution in [0, 0.1) is 13.8 Å². The van der Waals surface area contributed by atoms with Gasteiger partial charge in [-0.15, -0.1) is 0 Å². The first kappa shape index (κ1) is 13.8. The predicted octanol–water partition coefficient (Wildman–Crippen LogP) is 1.54. The molecule has 2 heterocycles. The lowest BCUT2D eigenvalue weighted by atomic mass is 10.0. The molecule has 1 amide bonds. The molecule has 19 heavy (non-hydrogen) atoms. The van der Waals surface area contributed by atoms with Gasteiger partial charge in [0.1, 0.15) is 5.82 Å². The van der Waals surface area contributed by atoms with Crippen LogP contribution in [-0.4, -0.2) is 47.0 Å². The Hall–Kier alpha value is -1.65. The summed E-state index contributed by atoms with van der Waals surface area (Å²) in [5.74, 6) is 1.13.